The second-order valence-corrected chi connectivity index (χ2v) is 5.24. The van der Waals surface area contributed by atoms with Crippen LogP contribution in [0.2, 0.25) is 0 Å². The Morgan fingerprint density at radius 3 is 2.56 bits per heavy atom. The average molecular weight is 246 g/mol. The molecule has 18 heavy (non-hydrogen) atoms. The minimum absolute atomic E-state index is 0.0471. The molecule has 2 aliphatic rings. The quantitative estimate of drug-likeness (QED) is 0.540. The van der Waals surface area contributed by atoms with E-state index >= 15 is 0 Å². The van der Waals surface area contributed by atoms with Crippen molar-refractivity contribution in [1.82, 2.24) is 10.3 Å². The molecule has 2 saturated carbocycles. The van der Waals surface area contributed by atoms with E-state index in [9.17, 15) is 4.79 Å². The third-order valence-electron chi connectivity index (χ3n) is 3.78. The van der Waals surface area contributed by atoms with Gasteiger partial charge in [-0.25, -0.2) is 0 Å². The maximum Gasteiger partial charge on any atom is 0.253 e. The third-order valence-corrected chi connectivity index (χ3v) is 3.78. The molecule has 3 rings (SSSR count). The Morgan fingerprint density at radius 1 is 1.33 bits per heavy atom. The Kier molecular flexibility index (Phi) is 2.91. The van der Waals surface area contributed by atoms with Gasteiger partial charge in [-0.05, 0) is 43.6 Å². The first-order valence-electron chi connectivity index (χ1n) is 6.51. The number of nitrogens with zero attached hydrogens (tertiary/aromatic N) is 1. The van der Waals surface area contributed by atoms with Crippen molar-refractivity contribution in [1.29, 1.82) is 0 Å². The van der Waals surface area contributed by atoms with Crippen LogP contribution in [0, 0.1) is 11.8 Å². The van der Waals surface area contributed by atoms with Crippen molar-refractivity contribution >= 4 is 11.6 Å². The first kappa shape index (κ1) is 11.5. The van der Waals surface area contributed by atoms with Crippen LogP contribution in [0.1, 0.15) is 36.0 Å². The van der Waals surface area contributed by atoms with Gasteiger partial charge in [-0.15, -0.1) is 0 Å². The summed E-state index contributed by atoms with van der Waals surface area (Å²) in [6.07, 6.45) is 8.18. The van der Waals surface area contributed by atoms with Crippen LogP contribution in [-0.2, 0) is 0 Å². The molecule has 4 N–H and O–H groups in total. The third kappa shape index (κ3) is 2.31. The van der Waals surface area contributed by atoms with Crippen LogP contribution in [0.15, 0.2) is 18.5 Å². The van der Waals surface area contributed by atoms with E-state index in [1.54, 1.807) is 18.5 Å². The Hall–Kier alpha value is -1.62. The normalized spacial score (nSPS) is 18.8. The predicted molar refractivity (Wildman–Crippen MR) is 68.7 cm³/mol. The van der Waals surface area contributed by atoms with Gasteiger partial charge in [0.1, 0.15) is 0 Å². The molecule has 1 amide bonds. The highest BCUT2D eigenvalue weighted by Crippen LogP contribution is 2.44. The zero-order chi connectivity index (χ0) is 12.5. The molecule has 0 aliphatic heterocycles. The maximum atomic E-state index is 12.3. The summed E-state index contributed by atoms with van der Waals surface area (Å²) in [4.78, 5) is 16.2. The number of pyridine rings is 1. The van der Waals surface area contributed by atoms with Crippen LogP contribution >= 0.6 is 0 Å². The molecule has 5 nitrogen and oxygen atoms in total. The van der Waals surface area contributed by atoms with Gasteiger partial charge in [-0.3, -0.25) is 15.6 Å². The number of anilines is 1. The van der Waals surface area contributed by atoms with Crippen molar-refractivity contribution < 1.29 is 4.79 Å². The SMILES string of the molecule is NNc1cnccc1C(=O)NC(C1CC1)C1CC1. The lowest BCUT2D eigenvalue weighted by atomic mass is 10.1. The number of hydrogen-bond acceptors (Lipinski definition) is 4. The van der Waals surface area contributed by atoms with Crippen molar-refractivity contribution in [2.45, 2.75) is 31.7 Å². The van der Waals surface area contributed by atoms with Crippen LogP contribution in [0.25, 0.3) is 0 Å². The predicted octanol–water partition coefficient (Wildman–Crippen LogP) is 1.29. The smallest absolute Gasteiger partial charge is 0.253 e. The summed E-state index contributed by atoms with van der Waals surface area (Å²) < 4.78 is 0. The highest BCUT2D eigenvalue weighted by molar-refractivity contribution is 5.99. The molecule has 0 bridgehead atoms. The van der Waals surface area contributed by atoms with Crippen molar-refractivity contribution in [2.24, 2.45) is 17.7 Å². The number of carbonyl (C=O) groups excluding carboxylic acids is 1. The Morgan fingerprint density at radius 2 is 2.00 bits per heavy atom. The second-order valence-electron chi connectivity index (χ2n) is 5.24. The fraction of sp³-hybridized carbons (Fsp3) is 0.538. The summed E-state index contributed by atoms with van der Waals surface area (Å²) in [5.41, 5.74) is 3.65. The van der Waals surface area contributed by atoms with Gasteiger partial charge >= 0.3 is 0 Å². The summed E-state index contributed by atoms with van der Waals surface area (Å²) in [5.74, 6) is 6.73. The van der Waals surface area contributed by atoms with Gasteiger partial charge in [-0.2, -0.15) is 0 Å². The molecule has 2 fully saturated rings. The van der Waals surface area contributed by atoms with E-state index < -0.39 is 0 Å². The molecule has 0 saturated heterocycles. The van der Waals surface area contributed by atoms with Crippen LogP contribution in [0.5, 0.6) is 0 Å². The number of rotatable bonds is 5. The molecule has 1 aromatic rings. The Bertz CT molecular complexity index is 442. The number of aromatic nitrogens is 1. The number of amides is 1. The van der Waals surface area contributed by atoms with E-state index in [0.717, 1.165) is 0 Å². The lowest BCUT2D eigenvalue weighted by molar-refractivity contribution is 0.0927. The van der Waals surface area contributed by atoms with Crippen LogP contribution in [0.4, 0.5) is 5.69 Å². The van der Waals surface area contributed by atoms with E-state index in [2.05, 4.69) is 15.7 Å². The van der Waals surface area contributed by atoms with E-state index in [-0.39, 0.29) is 5.91 Å². The summed E-state index contributed by atoms with van der Waals surface area (Å²) in [7, 11) is 0. The zero-order valence-electron chi connectivity index (χ0n) is 10.2. The van der Waals surface area contributed by atoms with Gasteiger partial charge < -0.3 is 10.7 Å². The fourth-order valence-corrected chi connectivity index (χ4v) is 2.47. The molecule has 0 aromatic carbocycles. The monoisotopic (exact) mass is 246 g/mol. The van der Waals surface area contributed by atoms with Crippen molar-refractivity contribution in [3.05, 3.63) is 24.0 Å². The van der Waals surface area contributed by atoms with Crippen LogP contribution in [0.3, 0.4) is 0 Å². The van der Waals surface area contributed by atoms with Gasteiger partial charge in [0, 0.05) is 12.2 Å². The number of nitrogen functional groups attached to an aromatic ring is 1. The molecule has 0 unspecified atom stereocenters. The molecule has 0 spiro atoms. The molecular formula is C13H18N4O. The largest absolute Gasteiger partial charge is 0.349 e. The van der Waals surface area contributed by atoms with Gasteiger partial charge in [0.25, 0.3) is 5.91 Å². The standard InChI is InChI=1S/C13H18N4O/c14-17-11-7-15-6-5-10(11)13(18)16-12(8-1-2-8)9-3-4-9/h5-9,12,17H,1-4,14H2,(H,16,18). The molecular weight excluding hydrogens is 228 g/mol. The Labute approximate surface area is 106 Å². The lowest BCUT2D eigenvalue weighted by Gasteiger charge is -2.18. The summed E-state index contributed by atoms with van der Waals surface area (Å²) in [6.45, 7) is 0. The zero-order valence-corrected chi connectivity index (χ0v) is 10.2. The average Bonchev–Trinajstić information content (AvgIpc) is 3.29. The van der Waals surface area contributed by atoms with Crippen molar-refractivity contribution in [2.75, 3.05) is 5.43 Å². The molecule has 1 heterocycles. The first-order valence-corrected chi connectivity index (χ1v) is 6.51. The molecule has 1 aromatic heterocycles. The van der Waals surface area contributed by atoms with Gasteiger partial charge in [0.15, 0.2) is 0 Å². The molecule has 0 atom stereocenters. The number of hydrogen-bond donors (Lipinski definition) is 3. The molecule has 5 heteroatoms. The molecule has 96 valence electrons. The second kappa shape index (κ2) is 4.57. The first-order chi connectivity index (χ1) is 8.79. The Balaban J connectivity index is 1.73. The van der Waals surface area contributed by atoms with E-state index in [0.29, 0.717) is 29.1 Å². The minimum Gasteiger partial charge on any atom is -0.349 e. The topological polar surface area (TPSA) is 80.0 Å². The highest BCUT2D eigenvalue weighted by Gasteiger charge is 2.42. The highest BCUT2D eigenvalue weighted by atomic mass is 16.1. The fourth-order valence-electron chi connectivity index (χ4n) is 2.47. The number of hydrazine groups is 1. The number of carbonyl (C=O) groups is 1. The van der Waals surface area contributed by atoms with E-state index in [1.807, 2.05) is 0 Å². The summed E-state index contributed by atoms with van der Waals surface area (Å²) >= 11 is 0. The van der Waals surface area contributed by atoms with Crippen molar-refractivity contribution in [3.63, 3.8) is 0 Å². The minimum atomic E-state index is -0.0471. The number of nitrogens with one attached hydrogen (secondary N) is 2. The molecule has 0 radical (unpaired) electrons. The maximum absolute atomic E-state index is 12.3. The van der Waals surface area contributed by atoms with Gasteiger partial charge in [-0.1, -0.05) is 0 Å². The van der Waals surface area contributed by atoms with Gasteiger partial charge in [0.2, 0.25) is 0 Å². The summed E-state index contributed by atoms with van der Waals surface area (Å²) in [6, 6.07) is 2.05. The van der Waals surface area contributed by atoms with Crippen molar-refractivity contribution in [3.8, 4) is 0 Å². The van der Waals surface area contributed by atoms with Gasteiger partial charge in [0.05, 0.1) is 17.4 Å². The van der Waals surface area contributed by atoms with E-state index in [4.69, 9.17) is 5.84 Å². The van der Waals surface area contributed by atoms with Crippen LogP contribution < -0.4 is 16.6 Å². The number of nitrogens with two attached hydrogens (primary N) is 1. The van der Waals surface area contributed by atoms with E-state index in [1.165, 1.54) is 25.7 Å². The lowest BCUT2D eigenvalue weighted by Crippen LogP contribution is -2.38. The van der Waals surface area contributed by atoms with Crippen LogP contribution in [-0.4, -0.2) is 16.9 Å². The summed E-state index contributed by atoms with van der Waals surface area (Å²) in [5, 5.41) is 3.17. The molecule has 2 aliphatic carbocycles.